The maximum Gasteiger partial charge on any atom is 0.0715 e. The van der Waals surface area contributed by atoms with Crippen LogP contribution >= 0.6 is 0 Å². The summed E-state index contributed by atoms with van der Waals surface area (Å²) in [7, 11) is 0. The van der Waals surface area contributed by atoms with Gasteiger partial charge >= 0.3 is 0 Å². The van der Waals surface area contributed by atoms with Crippen LogP contribution in [-0.2, 0) is 0 Å². The van der Waals surface area contributed by atoms with Gasteiger partial charge in [0, 0.05) is 30.6 Å². The molecule has 1 aromatic carbocycles. The van der Waals surface area contributed by atoms with Gasteiger partial charge in [-0.1, -0.05) is 24.3 Å². The molecule has 112 valence electrons. The Morgan fingerprint density at radius 1 is 1.00 bits per heavy atom. The van der Waals surface area contributed by atoms with Crippen molar-refractivity contribution in [1.29, 1.82) is 0 Å². The van der Waals surface area contributed by atoms with Crippen molar-refractivity contribution in [1.82, 2.24) is 0 Å². The van der Waals surface area contributed by atoms with E-state index in [4.69, 9.17) is 0 Å². The van der Waals surface area contributed by atoms with Crippen molar-refractivity contribution < 1.29 is 9.90 Å². The molecular formula is C19H18NO2-. The Balaban J connectivity index is 1.77. The number of rotatable bonds is 1. The molecule has 0 bridgehead atoms. The zero-order valence-corrected chi connectivity index (χ0v) is 12.4. The second-order valence-electron chi connectivity index (χ2n) is 7.10. The summed E-state index contributed by atoms with van der Waals surface area (Å²) >= 11 is 0. The maximum atomic E-state index is 11.5. The predicted molar refractivity (Wildman–Crippen MR) is 83.0 cm³/mol. The van der Waals surface area contributed by atoms with Crippen LogP contribution in [0.4, 0.5) is 5.69 Å². The van der Waals surface area contributed by atoms with Crippen LogP contribution in [0.5, 0.6) is 0 Å². The van der Waals surface area contributed by atoms with Crippen molar-refractivity contribution in [2.45, 2.75) is 24.7 Å². The number of anilines is 1. The van der Waals surface area contributed by atoms with E-state index in [2.05, 4.69) is 29.2 Å². The van der Waals surface area contributed by atoms with Crippen molar-refractivity contribution in [3.05, 3.63) is 53.1 Å². The topological polar surface area (TPSA) is 43.4 Å². The third kappa shape index (κ3) is 1.54. The van der Waals surface area contributed by atoms with Crippen LogP contribution in [0.1, 0.15) is 46.2 Å². The van der Waals surface area contributed by atoms with Crippen LogP contribution in [-0.4, -0.2) is 19.1 Å². The zero-order chi connectivity index (χ0) is 14.8. The minimum Gasteiger partial charge on any atom is -0.545 e. The maximum absolute atomic E-state index is 11.5. The van der Waals surface area contributed by atoms with Gasteiger partial charge in [-0.05, 0) is 53.5 Å². The molecule has 4 atom stereocenters. The van der Waals surface area contributed by atoms with Gasteiger partial charge < -0.3 is 14.8 Å². The fourth-order valence-electron chi connectivity index (χ4n) is 4.99. The van der Waals surface area contributed by atoms with E-state index in [1.165, 1.54) is 16.8 Å². The molecule has 2 aliphatic carbocycles. The fourth-order valence-corrected chi connectivity index (χ4v) is 4.99. The molecule has 2 aliphatic heterocycles. The molecule has 0 amide bonds. The van der Waals surface area contributed by atoms with Crippen LogP contribution in [0.2, 0.25) is 0 Å². The van der Waals surface area contributed by atoms with Gasteiger partial charge in [-0.3, -0.25) is 0 Å². The van der Waals surface area contributed by atoms with E-state index in [1.807, 2.05) is 12.1 Å². The van der Waals surface area contributed by atoms with Gasteiger partial charge in [-0.15, -0.1) is 0 Å². The summed E-state index contributed by atoms with van der Waals surface area (Å²) in [5, 5.41) is 11.5. The van der Waals surface area contributed by atoms with Crippen molar-refractivity contribution in [2.75, 3.05) is 18.0 Å². The number of allylic oxidation sites excluding steroid dienone is 4. The second kappa shape index (κ2) is 4.25. The highest BCUT2D eigenvalue weighted by molar-refractivity contribution is 5.88. The largest absolute Gasteiger partial charge is 0.545 e. The molecule has 0 saturated heterocycles. The summed E-state index contributed by atoms with van der Waals surface area (Å²) in [5.74, 6) is 0.905. The first-order valence-electron chi connectivity index (χ1n) is 8.20. The lowest BCUT2D eigenvalue weighted by Gasteiger charge is -2.46. The number of carboxylic acid groups (broad SMARTS) is 1. The standard InChI is InChI=1S/C19H19NO2/c21-19(22)13-7-16-14-5-1-3-11(14)9-20-10-12-4-2-6-15(12)17(8-13)18(16)20/h1-2,5-8,11-12,14-15H,3-4,9-10H2,(H,21,22)/p-1/t11-,12-,14+,15+/m1/s1. The Labute approximate surface area is 129 Å². The van der Waals surface area contributed by atoms with E-state index in [-0.39, 0.29) is 0 Å². The number of carbonyl (C=O) groups is 1. The Morgan fingerprint density at radius 2 is 1.55 bits per heavy atom. The molecule has 5 rings (SSSR count). The lowest BCUT2D eigenvalue weighted by atomic mass is 9.74. The molecule has 0 fully saturated rings. The van der Waals surface area contributed by atoms with Gasteiger partial charge in [0.05, 0.1) is 5.97 Å². The highest BCUT2D eigenvalue weighted by atomic mass is 16.4. The van der Waals surface area contributed by atoms with Crippen LogP contribution in [0.25, 0.3) is 0 Å². The minimum atomic E-state index is -1.06. The normalized spacial score (nSPS) is 33.5. The summed E-state index contributed by atoms with van der Waals surface area (Å²) in [5.41, 5.74) is 4.07. The minimum absolute atomic E-state index is 0.343. The van der Waals surface area contributed by atoms with Gasteiger partial charge in [0.1, 0.15) is 0 Å². The molecule has 0 saturated carbocycles. The average molecular weight is 292 g/mol. The molecule has 4 aliphatic rings. The molecular weight excluding hydrogens is 274 g/mol. The average Bonchev–Trinajstić information content (AvgIpc) is 3.15. The molecule has 0 radical (unpaired) electrons. The van der Waals surface area contributed by atoms with E-state index in [0.29, 0.717) is 29.2 Å². The van der Waals surface area contributed by atoms with E-state index < -0.39 is 5.97 Å². The molecule has 0 unspecified atom stereocenters. The summed E-state index contributed by atoms with van der Waals surface area (Å²) in [6, 6.07) is 3.74. The first-order valence-corrected chi connectivity index (χ1v) is 8.20. The van der Waals surface area contributed by atoms with Gasteiger partial charge in [0.15, 0.2) is 0 Å². The van der Waals surface area contributed by atoms with Gasteiger partial charge in [0.25, 0.3) is 0 Å². The van der Waals surface area contributed by atoms with Crippen LogP contribution in [0, 0.1) is 11.8 Å². The first-order chi connectivity index (χ1) is 10.7. The van der Waals surface area contributed by atoms with Crippen molar-refractivity contribution >= 4 is 11.7 Å². The van der Waals surface area contributed by atoms with Gasteiger partial charge in [-0.25, -0.2) is 0 Å². The van der Waals surface area contributed by atoms with E-state index in [9.17, 15) is 9.90 Å². The van der Waals surface area contributed by atoms with E-state index in [1.54, 1.807) is 0 Å². The Bertz CT molecular complexity index is 682. The van der Waals surface area contributed by atoms with E-state index in [0.717, 1.165) is 25.9 Å². The van der Waals surface area contributed by atoms with Crippen molar-refractivity contribution in [3.63, 3.8) is 0 Å². The number of hydrogen-bond acceptors (Lipinski definition) is 3. The van der Waals surface area contributed by atoms with Crippen LogP contribution < -0.4 is 10.0 Å². The van der Waals surface area contributed by atoms with Crippen molar-refractivity contribution in [3.8, 4) is 0 Å². The third-order valence-electron chi connectivity index (χ3n) is 5.93. The molecule has 0 spiro atoms. The van der Waals surface area contributed by atoms with Gasteiger partial charge in [0.2, 0.25) is 0 Å². The van der Waals surface area contributed by atoms with Crippen molar-refractivity contribution in [2.24, 2.45) is 11.8 Å². The molecule has 3 nitrogen and oxygen atoms in total. The first kappa shape index (κ1) is 12.5. The number of benzene rings is 1. The quantitative estimate of drug-likeness (QED) is 0.745. The smallest absolute Gasteiger partial charge is 0.0715 e. The molecule has 22 heavy (non-hydrogen) atoms. The summed E-state index contributed by atoms with van der Waals surface area (Å²) in [6.45, 7) is 2.21. The SMILES string of the molecule is O=C([O-])c1cc2c3c(c1)[C@H]1C=CC[C@@H]1CN3C[C@H]1CC=C[C@H]21. The highest BCUT2D eigenvalue weighted by Crippen LogP contribution is 2.53. The number of hydrogen-bond donors (Lipinski definition) is 0. The summed E-state index contributed by atoms with van der Waals surface area (Å²) in [4.78, 5) is 14.0. The molecule has 3 heteroatoms. The second-order valence-corrected chi connectivity index (χ2v) is 7.10. The molecule has 0 aromatic heterocycles. The fraction of sp³-hybridized carbons (Fsp3) is 0.421. The molecule has 2 heterocycles. The number of carbonyl (C=O) groups excluding carboxylic acids is 1. The Hall–Kier alpha value is -2.03. The summed E-state index contributed by atoms with van der Waals surface area (Å²) in [6.07, 6.45) is 11.3. The number of carboxylic acids is 1. The lowest BCUT2D eigenvalue weighted by molar-refractivity contribution is -0.255. The zero-order valence-electron chi connectivity index (χ0n) is 12.4. The lowest BCUT2D eigenvalue weighted by Crippen LogP contribution is -2.44. The molecule has 0 N–H and O–H groups in total. The van der Waals surface area contributed by atoms with E-state index >= 15 is 0 Å². The summed E-state index contributed by atoms with van der Waals surface area (Å²) < 4.78 is 0. The van der Waals surface area contributed by atoms with Crippen LogP contribution in [0.15, 0.2) is 36.4 Å². The Kier molecular flexibility index (Phi) is 2.42. The molecule has 1 aromatic rings. The number of aromatic carboxylic acids is 1. The predicted octanol–water partition coefficient (Wildman–Crippen LogP) is 2.20. The highest BCUT2D eigenvalue weighted by Gasteiger charge is 2.42. The Morgan fingerprint density at radius 3 is 2.05 bits per heavy atom. The van der Waals surface area contributed by atoms with Gasteiger partial charge in [-0.2, -0.15) is 0 Å². The van der Waals surface area contributed by atoms with Crippen LogP contribution in [0.3, 0.4) is 0 Å². The third-order valence-corrected chi connectivity index (χ3v) is 5.93. The number of nitrogens with zero attached hydrogens (tertiary/aromatic N) is 1. The monoisotopic (exact) mass is 292 g/mol. The number of fused-ring (bicyclic) bond motifs is 4.